The number of nitriles is 2. The number of azo groups is 1. The van der Waals surface area contributed by atoms with Crippen LogP contribution in [-0.2, 0) is 0 Å². The van der Waals surface area contributed by atoms with Crippen molar-refractivity contribution in [2.45, 2.75) is 70.9 Å². The third kappa shape index (κ3) is 5.45. The van der Waals surface area contributed by atoms with E-state index in [1.807, 2.05) is 6.92 Å². The van der Waals surface area contributed by atoms with E-state index in [0.29, 0.717) is 6.42 Å². The monoisotopic (exact) mass is 234 g/mol. The Hall–Kier alpha value is -1.42. The largest absolute Gasteiger partial charge is 0.196 e. The lowest BCUT2D eigenvalue weighted by Crippen LogP contribution is -2.25. The van der Waals surface area contributed by atoms with Gasteiger partial charge in [-0.05, 0) is 26.7 Å². The SMILES string of the molecule is CCCCC(C#N)(CCC)/N=N/C(C)(C)C#N. The molecule has 0 rings (SSSR count). The molecule has 0 aromatic heterocycles. The first-order valence-electron chi connectivity index (χ1n) is 6.22. The summed E-state index contributed by atoms with van der Waals surface area (Å²) in [5.41, 5.74) is -1.58. The minimum absolute atomic E-state index is 0.703. The Morgan fingerprint density at radius 2 is 1.59 bits per heavy atom. The molecular formula is C13H22N4. The van der Waals surface area contributed by atoms with Gasteiger partial charge in [-0.3, -0.25) is 0 Å². The van der Waals surface area contributed by atoms with Crippen molar-refractivity contribution in [1.82, 2.24) is 0 Å². The summed E-state index contributed by atoms with van der Waals surface area (Å²) in [4.78, 5) is 0. The molecule has 0 aromatic carbocycles. The van der Waals surface area contributed by atoms with Gasteiger partial charge in [0.15, 0.2) is 11.1 Å². The summed E-state index contributed by atoms with van der Waals surface area (Å²) in [6.45, 7) is 7.52. The second kappa shape index (κ2) is 7.01. The molecule has 0 saturated carbocycles. The van der Waals surface area contributed by atoms with Crippen molar-refractivity contribution in [3.8, 4) is 12.1 Å². The number of unbranched alkanes of at least 4 members (excludes halogenated alkanes) is 1. The average Bonchev–Trinajstić information content (AvgIpc) is 2.33. The first-order chi connectivity index (χ1) is 7.95. The van der Waals surface area contributed by atoms with E-state index in [2.05, 4.69) is 29.3 Å². The third-order valence-corrected chi connectivity index (χ3v) is 2.58. The second-order valence-corrected chi connectivity index (χ2v) is 4.87. The predicted molar refractivity (Wildman–Crippen MR) is 67.3 cm³/mol. The lowest BCUT2D eigenvalue weighted by molar-refractivity contribution is 0.406. The average molecular weight is 234 g/mol. The molecule has 0 aliphatic rings. The fraction of sp³-hybridized carbons (Fsp3) is 0.846. The molecule has 0 spiro atoms. The van der Waals surface area contributed by atoms with Crippen molar-refractivity contribution in [2.24, 2.45) is 10.2 Å². The highest BCUT2D eigenvalue weighted by molar-refractivity contribution is 5.08. The van der Waals surface area contributed by atoms with Crippen LogP contribution in [-0.4, -0.2) is 11.1 Å². The summed E-state index contributed by atoms with van der Waals surface area (Å²) in [5.74, 6) is 0. The molecule has 0 fully saturated rings. The van der Waals surface area contributed by atoms with Crippen molar-refractivity contribution in [2.75, 3.05) is 0 Å². The Kier molecular flexibility index (Phi) is 6.43. The summed E-state index contributed by atoms with van der Waals surface area (Å²) in [7, 11) is 0. The lowest BCUT2D eigenvalue weighted by atomic mass is 9.90. The molecule has 0 bridgehead atoms. The Balaban J connectivity index is 4.93. The maximum atomic E-state index is 9.32. The van der Waals surface area contributed by atoms with Gasteiger partial charge in [0.25, 0.3) is 0 Å². The highest BCUT2D eigenvalue weighted by Crippen LogP contribution is 2.26. The summed E-state index contributed by atoms with van der Waals surface area (Å²) in [6.07, 6.45) is 4.31. The topological polar surface area (TPSA) is 72.3 Å². The van der Waals surface area contributed by atoms with Crippen LogP contribution < -0.4 is 0 Å². The van der Waals surface area contributed by atoms with Crippen LogP contribution in [0.4, 0.5) is 0 Å². The quantitative estimate of drug-likeness (QED) is 0.624. The van der Waals surface area contributed by atoms with Gasteiger partial charge in [0.1, 0.15) is 0 Å². The molecule has 94 valence electrons. The van der Waals surface area contributed by atoms with E-state index in [9.17, 15) is 5.26 Å². The summed E-state index contributed by atoms with van der Waals surface area (Å²) in [5, 5.41) is 26.4. The Morgan fingerprint density at radius 1 is 0.941 bits per heavy atom. The second-order valence-electron chi connectivity index (χ2n) is 4.87. The van der Waals surface area contributed by atoms with Crippen molar-refractivity contribution in [3.63, 3.8) is 0 Å². The molecule has 0 aromatic rings. The number of rotatable bonds is 7. The highest BCUT2D eigenvalue weighted by atomic mass is 15.2. The molecule has 0 radical (unpaired) electrons. The molecule has 0 N–H and O–H groups in total. The molecule has 1 unspecified atom stereocenters. The van der Waals surface area contributed by atoms with Crippen LogP contribution >= 0.6 is 0 Å². The normalized spacial score (nSPS) is 15.2. The van der Waals surface area contributed by atoms with Crippen LogP contribution in [0.25, 0.3) is 0 Å². The minimum atomic E-state index is -0.845. The standard InChI is InChI=1S/C13H22N4/c1-5-7-9-13(11-15,8-6-2)17-16-12(3,4)10-14/h5-9H2,1-4H3/b17-16+. The fourth-order valence-electron chi connectivity index (χ4n) is 1.49. The molecule has 4 heteroatoms. The molecule has 4 nitrogen and oxygen atoms in total. The highest BCUT2D eigenvalue weighted by Gasteiger charge is 2.29. The van der Waals surface area contributed by atoms with Crippen LogP contribution in [0, 0.1) is 22.7 Å². The van der Waals surface area contributed by atoms with Gasteiger partial charge in [-0.15, -0.1) is 0 Å². The number of nitrogens with zero attached hydrogens (tertiary/aromatic N) is 4. The third-order valence-electron chi connectivity index (χ3n) is 2.58. The number of hydrogen-bond donors (Lipinski definition) is 0. The van der Waals surface area contributed by atoms with Gasteiger partial charge in [-0.25, -0.2) is 0 Å². The molecule has 0 heterocycles. The van der Waals surface area contributed by atoms with Gasteiger partial charge in [0.05, 0.1) is 12.1 Å². The van der Waals surface area contributed by atoms with Gasteiger partial charge >= 0.3 is 0 Å². The van der Waals surface area contributed by atoms with Gasteiger partial charge in [-0.2, -0.15) is 20.8 Å². The van der Waals surface area contributed by atoms with Crippen molar-refractivity contribution in [3.05, 3.63) is 0 Å². The molecule has 0 amide bonds. The van der Waals surface area contributed by atoms with Crippen LogP contribution in [0.5, 0.6) is 0 Å². The first-order valence-corrected chi connectivity index (χ1v) is 6.22. The molecule has 0 saturated heterocycles. The molecular weight excluding hydrogens is 212 g/mol. The van der Waals surface area contributed by atoms with Crippen molar-refractivity contribution in [1.29, 1.82) is 10.5 Å². The van der Waals surface area contributed by atoms with Gasteiger partial charge in [0.2, 0.25) is 0 Å². The van der Waals surface area contributed by atoms with Gasteiger partial charge < -0.3 is 0 Å². The van der Waals surface area contributed by atoms with Crippen molar-refractivity contribution >= 4 is 0 Å². The number of hydrogen-bond acceptors (Lipinski definition) is 4. The summed E-state index contributed by atoms with van der Waals surface area (Å²) in [6, 6.07) is 4.34. The molecule has 1 atom stereocenters. The fourth-order valence-corrected chi connectivity index (χ4v) is 1.49. The first kappa shape index (κ1) is 15.6. The summed E-state index contributed by atoms with van der Waals surface area (Å²) >= 11 is 0. The Labute approximate surface area is 104 Å². The zero-order valence-corrected chi connectivity index (χ0v) is 11.3. The zero-order chi connectivity index (χ0) is 13.4. The zero-order valence-electron chi connectivity index (χ0n) is 11.3. The smallest absolute Gasteiger partial charge is 0.167 e. The Morgan fingerprint density at radius 3 is 2.00 bits per heavy atom. The maximum absolute atomic E-state index is 9.32. The molecule has 0 aliphatic heterocycles. The van der Waals surface area contributed by atoms with E-state index in [0.717, 1.165) is 25.7 Å². The van der Waals surface area contributed by atoms with Gasteiger partial charge in [0, 0.05) is 0 Å². The van der Waals surface area contributed by atoms with Crippen LogP contribution in [0.3, 0.4) is 0 Å². The lowest BCUT2D eigenvalue weighted by Gasteiger charge is -2.21. The van der Waals surface area contributed by atoms with E-state index in [1.165, 1.54) is 0 Å². The molecule has 17 heavy (non-hydrogen) atoms. The minimum Gasteiger partial charge on any atom is -0.196 e. The maximum Gasteiger partial charge on any atom is 0.167 e. The van der Waals surface area contributed by atoms with Gasteiger partial charge in [-0.1, -0.05) is 33.1 Å². The predicted octanol–water partition coefficient (Wildman–Crippen LogP) is 3.99. The summed E-state index contributed by atoms with van der Waals surface area (Å²) < 4.78 is 0. The van der Waals surface area contributed by atoms with Crippen molar-refractivity contribution < 1.29 is 0 Å². The van der Waals surface area contributed by atoms with Crippen LogP contribution in [0.15, 0.2) is 10.2 Å². The van der Waals surface area contributed by atoms with E-state index in [4.69, 9.17) is 5.26 Å². The van der Waals surface area contributed by atoms with Crippen LogP contribution in [0.2, 0.25) is 0 Å². The van der Waals surface area contributed by atoms with Crippen LogP contribution in [0.1, 0.15) is 59.8 Å². The van der Waals surface area contributed by atoms with E-state index < -0.39 is 11.1 Å². The van der Waals surface area contributed by atoms with E-state index >= 15 is 0 Å². The Bertz CT molecular complexity index is 332. The molecule has 0 aliphatic carbocycles. The van der Waals surface area contributed by atoms with E-state index in [1.54, 1.807) is 13.8 Å². The van der Waals surface area contributed by atoms with E-state index in [-0.39, 0.29) is 0 Å².